The summed E-state index contributed by atoms with van der Waals surface area (Å²) in [6.45, 7) is 5.31. The van der Waals surface area contributed by atoms with Crippen molar-refractivity contribution >= 4 is 11.9 Å². The van der Waals surface area contributed by atoms with Crippen LogP contribution in [0.5, 0.6) is 0 Å². The summed E-state index contributed by atoms with van der Waals surface area (Å²) in [5, 5.41) is 6.99. The molecule has 1 saturated carbocycles. The van der Waals surface area contributed by atoms with Crippen LogP contribution in [0.4, 0.5) is 5.95 Å². The zero-order chi connectivity index (χ0) is 16.6. The Labute approximate surface area is 133 Å². The molecule has 0 aromatic carbocycles. The molecule has 1 aliphatic carbocycles. The molecule has 1 amide bonds. The summed E-state index contributed by atoms with van der Waals surface area (Å²) in [5.41, 5.74) is 2.11. The summed E-state index contributed by atoms with van der Waals surface area (Å²) in [6, 6.07) is 4.31. The van der Waals surface area contributed by atoms with Crippen LogP contribution >= 0.6 is 0 Å². The maximum Gasteiger partial charge on any atom is 0.267 e. The third-order valence-electron chi connectivity index (χ3n) is 3.80. The molecular weight excluding hydrogens is 294 g/mol. The van der Waals surface area contributed by atoms with Crippen LogP contribution in [-0.4, -0.2) is 25.7 Å². The van der Waals surface area contributed by atoms with Crippen molar-refractivity contribution in [2.24, 2.45) is 0 Å². The number of carbonyl (C=O) groups is 1. The van der Waals surface area contributed by atoms with Gasteiger partial charge in [-0.05, 0) is 45.7 Å². The molecule has 1 aliphatic rings. The molecule has 0 bridgehead atoms. The van der Waals surface area contributed by atoms with Gasteiger partial charge in [0.25, 0.3) is 11.5 Å². The van der Waals surface area contributed by atoms with Gasteiger partial charge in [0.1, 0.15) is 6.04 Å². The SMILES string of the molecule is Cc1cc(C)nc(NC(=O)C(C)n2nc(C3CC3)ccc2=O)n1. The molecule has 2 heterocycles. The Morgan fingerprint density at radius 1 is 1.26 bits per heavy atom. The highest BCUT2D eigenvalue weighted by molar-refractivity contribution is 5.91. The molecule has 1 N–H and O–H groups in total. The van der Waals surface area contributed by atoms with Crippen LogP contribution in [0.2, 0.25) is 0 Å². The lowest BCUT2D eigenvalue weighted by atomic mass is 10.2. The number of nitrogens with zero attached hydrogens (tertiary/aromatic N) is 4. The fourth-order valence-corrected chi connectivity index (χ4v) is 2.42. The first-order chi connectivity index (χ1) is 10.9. The molecule has 2 aromatic heterocycles. The zero-order valence-corrected chi connectivity index (χ0v) is 13.4. The van der Waals surface area contributed by atoms with Crippen LogP contribution in [0.1, 0.15) is 48.8 Å². The first kappa shape index (κ1) is 15.3. The van der Waals surface area contributed by atoms with Crippen molar-refractivity contribution in [1.82, 2.24) is 19.7 Å². The van der Waals surface area contributed by atoms with Crippen molar-refractivity contribution in [2.75, 3.05) is 5.32 Å². The summed E-state index contributed by atoms with van der Waals surface area (Å²) >= 11 is 0. The molecule has 120 valence electrons. The number of rotatable bonds is 4. The van der Waals surface area contributed by atoms with Gasteiger partial charge in [0.05, 0.1) is 5.69 Å². The van der Waals surface area contributed by atoms with E-state index < -0.39 is 6.04 Å². The molecule has 1 unspecified atom stereocenters. The average molecular weight is 313 g/mol. The third-order valence-corrected chi connectivity index (χ3v) is 3.80. The molecule has 3 rings (SSSR count). The van der Waals surface area contributed by atoms with Gasteiger partial charge in [-0.2, -0.15) is 5.10 Å². The predicted octanol–water partition coefficient (Wildman–Crippen LogP) is 1.73. The summed E-state index contributed by atoms with van der Waals surface area (Å²) in [5.74, 6) is 0.295. The van der Waals surface area contributed by atoms with Gasteiger partial charge < -0.3 is 0 Å². The molecule has 1 fully saturated rings. The molecule has 23 heavy (non-hydrogen) atoms. The number of aromatic nitrogens is 4. The molecule has 0 spiro atoms. The molecule has 0 radical (unpaired) electrons. The quantitative estimate of drug-likeness (QED) is 0.928. The Hall–Kier alpha value is -2.57. The largest absolute Gasteiger partial charge is 0.293 e. The second-order valence-corrected chi connectivity index (χ2v) is 5.95. The number of carbonyl (C=O) groups excluding carboxylic acids is 1. The highest BCUT2D eigenvalue weighted by Crippen LogP contribution is 2.38. The smallest absolute Gasteiger partial charge is 0.267 e. The van der Waals surface area contributed by atoms with Crippen molar-refractivity contribution in [1.29, 1.82) is 0 Å². The van der Waals surface area contributed by atoms with E-state index in [1.807, 2.05) is 19.9 Å². The monoisotopic (exact) mass is 313 g/mol. The summed E-state index contributed by atoms with van der Waals surface area (Å²) in [6.07, 6.45) is 2.17. The standard InChI is InChI=1S/C16H19N5O2/c1-9-8-10(2)18-16(17-9)19-15(23)11(3)21-14(22)7-6-13(20-21)12-4-5-12/h6-8,11-12H,4-5H2,1-3H3,(H,17,18,19,23). The highest BCUT2D eigenvalue weighted by atomic mass is 16.2. The predicted molar refractivity (Wildman–Crippen MR) is 85.3 cm³/mol. The normalized spacial score (nSPS) is 15.3. The lowest BCUT2D eigenvalue weighted by molar-refractivity contribution is -0.119. The molecule has 1 atom stereocenters. The molecule has 0 aliphatic heterocycles. The maximum absolute atomic E-state index is 12.4. The molecule has 2 aromatic rings. The average Bonchev–Trinajstić information content (AvgIpc) is 3.30. The van der Waals surface area contributed by atoms with Crippen LogP contribution in [0.3, 0.4) is 0 Å². The number of aryl methyl sites for hydroxylation is 2. The van der Waals surface area contributed by atoms with Gasteiger partial charge in [0, 0.05) is 23.4 Å². The van der Waals surface area contributed by atoms with E-state index >= 15 is 0 Å². The minimum atomic E-state index is -0.731. The minimum Gasteiger partial charge on any atom is -0.293 e. The molecule has 7 heteroatoms. The summed E-state index contributed by atoms with van der Waals surface area (Å²) in [4.78, 5) is 32.8. The van der Waals surface area contributed by atoms with E-state index in [4.69, 9.17) is 0 Å². The van der Waals surface area contributed by atoms with Crippen LogP contribution in [-0.2, 0) is 4.79 Å². The Kier molecular flexibility index (Phi) is 3.94. The van der Waals surface area contributed by atoms with E-state index in [0.29, 0.717) is 5.92 Å². The molecular formula is C16H19N5O2. The second kappa shape index (κ2) is 5.91. The van der Waals surface area contributed by atoms with E-state index in [-0.39, 0.29) is 17.4 Å². The van der Waals surface area contributed by atoms with Crippen molar-refractivity contribution in [3.05, 3.63) is 45.6 Å². The van der Waals surface area contributed by atoms with E-state index in [9.17, 15) is 9.59 Å². The summed E-state index contributed by atoms with van der Waals surface area (Å²) < 4.78 is 1.23. The van der Waals surface area contributed by atoms with Gasteiger partial charge >= 0.3 is 0 Å². The number of amides is 1. The molecule has 7 nitrogen and oxygen atoms in total. The Morgan fingerprint density at radius 2 is 1.91 bits per heavy atom. The summed E-state index contributed by atoms with van der Waals surface area (Å²) in [7, 11) is 0. The fourth-order valence-electron chi connectivity index (χ4n) is 2.42. The number of hydrogen-bond acceptors (Lipinski definition) is 5. The lowest BCUT2D eigenvalue weighted by Crippen LogP contribution is -2.34. The van der Waals surface area contributed by atoms with Gasteiger partial charge in [0.2, 0.25) is 5.95 Å². The maximum atomic E-state index is 12.4. The Morgan fingerprint density at radius 3 is 2.52 bits per heavy atom. The van der Waals surface area contributed by atoms with Gasteiger partial charge in [-0.3, -0.25) is 14.9 Å². The van der Waals surface area contributed by atoms with Gasteiger partial charge in [-0.1, -0.05) is 0 Å². The second-order valence-electron chi connectivity index (χ2n) is 5.95. The van der Waals surface area contributed by atoms with E-state index in [1.165, 1.54) is 10.7 Å². The first-order valence-electron chi connectivity index (χ1n) is 7.67. The topological polar surface area (TPSA) is 89.8 Å². The third kappa shape index (κ3) is 3.44. The van der Waals surface area contributed by atoms with Gasteiger partial charge in [0.15, 0.2) is 0 Å². The Balaban J connectivity index is 1.81. The highest BCUT2D eigenvalue weighted by Gasteiger charge is 2.27. The van der Waals surface area contributed by atoms with Crippen molar-refractivity contribution < 1.29 is 4.79 Å². The molecule has 0 saturated heterocycles. The van der Waals surface area contributed by atoms with Crippen LogP contribution in [0.15, 0.2) is 23.0 Å². The van der Waals surface area contributed by atoms with Gasteiger partial charge in [-0.25, -0.2) is 14.6 Å². The van der Waals surface area contributed by atoms with E-state index in [0.717, 1.165) is 29.9 Å². The van der Waals surface area contributed by atoms with E-state index in [2.05, 4.69) is 20.4 Å². The van der Waals surface area contributed by atoms with E-state index in [1.54, 1.807) is 13.0 Å². The van der Waals surface area contributed by atoms with Crippen LogP contribution in [0.25, 0.3) is 0 Å². The fraction of sp³-hybridized carbons (Fsp3) is 0.438. The Bertz CT molecular complexity index is 790. The number of hydrogen-bond donors (Lipinski definition) is 1. The van der Waals surface area contributed by atoms with Crippen molar-refractivity contribution in [3.8, 4) is 0 Å². The van der Waals surface area contributed by atoms with Crippen molar-refractivity contribution in [2.45, 2.75) is 45.6 Å². The van der Waals surface area contributed by atoms with Crippen LogP contribution < -0.4 is 10.9 Å². The van der Waals surface area contributed by atoms with Crippen LogP contribution in [0, 0.1) is 13.8 Å². The lowest BCUT2D eigenvalue weighted by Gasteiger charge is -2.14. The first-order valence-corrected chi connectivity index (χ1v) is 7.67. The van der Waals surface area contributed by atoms with Crippen molar-refractivity contribution in [3.63, 3.8) is 0 Å². The number of nitrogens with one attached hydrogen (secondary N) is 1. The zero-order valence-electron chi connectivity index (χ0n) is 13.4. The number of anilines is 1. The minimum absolute atomic E-state index is 0.241. The van der Waals surface area contributed by atoms with Gasteiger partial charge in [-0.15, -0.1) is 0 Å².